The fourth-order valence-corrected chi connectivity index (χ4v) is 3.26. The maximum absolute atomic E-state index is 16.3. The number of ketones is 1. The molecule has 0 saturated heterocycles. The van der Waals surface area contributed by atoms with E-state index in [1.807, 2.05) is 37.3 Å². The molecule has 146 valence electrons. The van der Waals surface area contributed by atoms with Crippen LogP contribution < -0.4 is 0 Å². The number of unbranched alkanes of at least 4 members (excludes halogenated alkanes) is 1. The predicted octanol–water partition coefficient (Wildman–Crippen LogP) is 5.46. The van der Waals surface area contributed by atoms with Crippen LogP contribution in [0.2, 0.25) is 0 Å². The van der Waals surface area contributed by atoms with Gasteiger partial charge in [-0.15, -0.1) is 0 Å². The fourth-order valence-electron chi connectivity index (χ4n) is 3.26. The van der Waals surface area contributed by atoms with Crippen molar-refractivity contribution in [3.05, 3.63) is 53.6 Å². The molecule has 1 aromatic carbocycles. The number of carbonyl (C=O) groups excluding carboxylic acids is 2. The Morgan fingerprint density at radius 1 is 1.26 bits per heavy atom. The molecule has 2 atom stereocenters. The van der Waals surface area contributed by atoms with E-state index in [9.17, 15) is 9.59 Å². The first kappa shape index (κ1) is 21.1. The lowest BCUT2D eigenvalue weighted by molar-refractivity contribution is -0.171. The summed E-state index contributed by atoms with van der Waals surface area (Å²) in [6.45, 7) is 7.15. The molecule has 3 nitrogen and oxygen atoms in total. The Kier molecular flexibility index (Phi) is 6.74. The highest BCUT2D eigenvalue weighted by atomic mass is 19.1. The number of hydrogen-bond acceptors (Lipinski definition) is 3. The number of benzene rings is 1. The number of ether oxygens (including phenoxy) is 1. The van der Waals surface area contributed by atoms with E-state index in [0.717, 1.165) is 18.4 Å². The fraction of sp³-hybridized carbons (Fsp3) is 0.478. The third kappa shape index (κ3) is 5.38. The van der Waals surface area contributed by atoms with Gasteiger partial charge in [0.05, 0.1) is 0 Å². The number of carbonyl (C=O) groups is 2. The molecule has 0 saturated carbocycles. The van der Waals surface area contributed by atoms with Gasteiger partial charge in [0.2, 0.25) is 5.67 Å². The normalized spacial score (nSPS) is 23.4. The molecule has 1 aromatic rings. The van der Waals surface area contributed by atoms with E-state index in [-0.39, 0.29) is 17.8 Å². The lowest BCUT2D eigenvalue weighted by Gasteiger charge is -2.37. The topological polar surface area (TPSA) is 43.4 Å². The van der Waals surface area contributed by atoms with E-state index < -0.39 is 23.2 Å². The van der Waals surface area contributed by atoms with Crippen molar-refractivity contribution >= 4 is 17.8 Å². The second kappa shape index (κ2) is 8.64. The second-order valence-corrected chi connectivity index (χ2v) is 8.07. The van der Waals surface area contributed by atoms with Gasteiger partial charge in [-0.05, 0) is 38.8 Å². The van der Waals surface area contributed by atoms with Crippen molar-refractivity contribution in [3.8, 4) is 0 Å². The van der Waals surface area contributed by atoms with E-state index in [0.29, 0.717) is 6.42 Å². The van der Waals surface area contributed by atoms with Gasteiger partial charge >= 0.3 is 5.97 Å². The van der Waals surface area contributed by atoms with Crippen molar-refractivity contribution in [1.82, 2.24) is 0 Å². The summed E-state index contributed by atoms with van der Waals surface area (Å²) in [6, 6.07) is 9.40. The van der Waals surface area contributed by atoms with Crippen LogP contribution >= 0.6 is 0 Å². The minimum absolute atomic E-state index is 0.0262. The second-order valence-electron chi connectivity index (χ2n) is 8.07. The van der Waals surface area contributed by atoms with E-state index >= 15 is 4.39 Å². The van der Waals surface area contributed by atoms with Crippen LogP contribution in [-0.4, -0.2) is 23.0 Å². The molecule has 0 heterocycles. The number of rotatable bonds is 6. The molecule has 2 rings (SSSR count). The van der Waals surface area contributed by atoms with Gasteiger partial charge in [-0.1, -0.05) is 62.2 Å². The maximum atomic E-state index is 16.3. The number of esters is 1. The molecule has 0 spiro atoms. The monoisotopic (exact) mass is 372 g/mol. The Labute approximate surface area is 161 Å². The lowest BCUT2D eigenvalue weighted by Crippen LogP contribution is -2.49. The highest BCUT2D eigenvalue weighted by Gasteiger charge is 2.53. The van der Waals surface area contributed by atoms with Crippen LogP contribution in [0.3, 0.4) is 0 Å². The summed E-state index contributed by atoms with van der Waals surface area (Å²) in [5, 5.41) is 0. The molecule has 1 aliphatic rings. The first-order valence-electron chi connectivity index (χ1n) is 9.57. The van der Waals surface area contributed by atoms with E-state index in [1.165, 1.54) is 12.2 Å². The van der Waals surface area contributed by atoms with Gasteiger partial charge in [-0.2, -0.15) is 0 Å². The van der Waals surface area contributed by atoms with Crippen LogP contribution in [0.4, 0.5) is 4.39 Å². The number of allylic oxidation sites excluding steroid dienone is 2. The Morgan fingerprint density at radius 2 is 1.93 bits per heavy atom. The smallest absolute Gasteiger partial charge is 0.349 e. The molecule has 0 aliphatic heterocycles. The zero-order valence-corrected chi connectivity index (χ0v) is 16.6. The molecular formula is C23H29FO3. The van der Waals surface area contributed by atoms with Crippen LogP contribution in [-0.2, 0) is 14.3 Å². The average Bonchev–Trinajstić information content (AvgIpc) is 2.60. The molecule has 1 aliphatic carbocycles. The Morgan fingerprint density at radius 3 is 2.52 bits per heavy atom. The average molecular weight is 372 g/mol. The first-order valence-corrected chi connectivity index (χ1v) is 9.57. The van der Waals surface area contributed by atoms with Gasteiger partial charge in [0.15, 0.2) is 5.78 Å². The van der Waals surface area contributed by atoms with Crippen LogP contribution in [0.1, 0.15) is 58.9 Å². The molecule has 4 heteroatoms. The quantitative estimate of drug-likeness (QED) is 0.623. The maximum Gasteiger partial charge on any atom is 0.349 e. The number of halogens is 1. The highest BCUT2D eigenvalue weighted by Crippen LogP contribution is 2.42. The number of alkyl halides is 1. The molecule has 0 aromatic heterocycles. The van der Waals surface area contributed by atoms with Crippen molar-refractivity contribution in [3.63, 3.8) is 0 Å². The summed E-state index contributed by atoms with van der Waals surface area (Å²) in [5.41, 5.74) is -2.17. The standard InChI is InChI=1S/C23H29FO3/c1-5-6-12-18-15-20(25)16-19(14-13-17-10-8-7-9-11-17)23(18,24)21(26)27-22(2,3)4/h7-11,13-14,16,18H,5-6,12,15H2,1-4H3/b14-13+/t18-,23+/m1/s1. The van der Waals surface area contributed by atoms with Crippen molar-refractivity contribution in [1.29, 1.82) is 0 Å². The zero-order valence-electron chi connectivity index (χ0n) is 16.6. The Balaban J connectivity index is 2.43. The lowest BCUT2D eigenvalue weighted by atomic mass is 9.72. The van der Waals surface area contributed by atoms with Gasteiger partial charge in [0.1, 0.15) is 5.60 Å². The number of hydrogen-bond donors (Lipinski definition) is 0. The molecular weight excluding hydrogens is 343 g/mol. The van der Waals surface area contributed by atoms with Crippen LogP contribution in [0.5, 0.6) is 0 Å². The summed E-state index contributed by atoms with van der Waals surface area (Å²) < 4.78 is 21.7. The highest BCUT2D eigenvalue weighted by molar-refractivity contribution is 5.98. The van der Waals surface area contributed by atoms with Crippen LogP contribution in [0, 0.1) is 5.92 Å². The molecule has 0 radical (unpaired) electrons. The molecule has 0 unspecified atom stereocenters. The molecule has 0 bridgehead atoms. The van der Waals surface area contributed by atoms with E-state index in [4.69, 9.17) is 4.74 Å². The van der Waals surface area contributed by atoms with Crippen molar-refractivity contribution in [2.75, 3.05) is 0 Å². The van der Waals surface area contributed by atoms with Crippen LogP contribution in [0.15, 0.2) is 48.1 Å². The van der Waals surface area contributed by atoms with Crippen LogP contribution in [0.25, 0.3) is 6.08 Å². The SMILES string of the molecule is CCCC[C@@H]1CC(=O)C=C(/C=C/c2ccccc2)[C@]1(F)C(=O)OC(C)(C)C. The van der Waals surface area contributed by atoms with Gasteiger partial charge in [0.25, 0.3) is 0 Å². The van der Waals surface area contributed by atoms with Gasteiger partial charge in [-0.25, -0.2) is 9.18 Å². The van der Waals surface area contributed by atoms with Crippen molar-refractivity contribution in [2.45, 2.75) is 64.6 Å². The molecule has 0 N–H and O–H groups in total. The van der Waals surface area contributed by atoms with Crippen molar-refractivity contribution < 1.29 is 18.7 Å². The van der Waals surface area contributed by atoms with E-state index in [1.54, 1.807) is 26.8 Å². The third-order valence-electron chi connectivity index (χ3n) is 4.60. The van der Waals surface area contributed by atoms with Gasteiger partial charge < -0.3 is 4.74 Å². The van der Waals surface area contributed by atoms with Gasteiger partial charge in [0, 0.05) is 17.9 Å². The summed E-state index contributed by atoms with van der Waals surface area (Å²) in [7, 11) is 0. The van der Waals surface area contributed by atoms with Crippen molar-refractivity contribution in [2.24, 2.45) is 5.92 Å². The molecule has 0 fully saturated rings. The summed E-state index contributed by atoms with van der Waals surface area (Å²) >= 11 is 0. The Hall–Kier alpha value is -2.23. The Bertz CT molecular complexity index is 728. The molecule has 0 amide bonds. The molecule has 27 heavy (non-hydrogen) atoms. The summed E-state index contributed by atoms with van der Waals surface area (Å²) in [4.78, 5) is 25.1. The summed E-state index contributed by atoms with van der Waals surface area (Å²) in [5.74, 6) is -1.77. The minimum atomic E-state index is -2.32. The summed E-state index contributed by atoms with van der Waals surface area (Å²) in [6.07, 6.45) is 6.63. The van der Waals surface area contributed by atoms with E-state index in [2.05, 4.69) is 0 Å². The van der Waals surface area contributed by atoms with Gasteiger partial charge in [-0.3, -0.25) is 4.79 Å². The minimum Gasteiger partial charge on any atom is -0.457 e. The largest absolute Gasteiger partial charge is 0.457 e. The first-order chi connectivity index (χ1) is 12.7. The zero-order chi connectivity index (χ0) is 20.1. The predicted molar refractivity (Wildman–Crippen MR) is 106 cm³/mol. The third-order valence-corrected chi connectivity index (χ3v) is 4.60.